The van der Waals surface area contributed by atoms with Crippen LogP contribution < -0.4 is 11.1 Å². The van der Waals surface area contributed by atoms with Crippen molar-refractivity contribution < 1.29 is 0 Å². The van der Waals surface area contributed by atoms with Gasteiger partial charge in [-0.3, -0.25) is 9.67 Å². The number of H-pyrrole nitrogens is 1. The predicted molar refractivity (Wildman–Crippen MR) is 127 cm³/mol. The minimum atomic E-state index is 0.705. The van der Waals surface area contributed by atoms with E-state index in [-0.39, 0.29) is 0 Å². The van der Waals surface area contributed by atoms with Crippen molar-refractivity contribution in [2.24, 2.45) is 10.7 Å². The third kappa shape index (κ3) is 4.90. The van der Waals surface area contributed by atoms with E-state index in [1.165, 1.54) is 5.56 Å². The minimum absolute atomic E-state index is 0.705. The van der Waals surface area contributed by atoms with Gasteiger partial charge in [0.15, 0.2) is 0 Å². The molecule has 0 amide bonds. The van der Waals surface area contributed by atoms with Crippen molar-refractivity contribution in [3.8, 4) is 11.1 Å². The molecule has 0 radical (unpaired) electrons. The van der Waals surface area contributed by atoms with Crippen LogP contribution in [0.25, 0.3) is 27.7 Å². The predicted octanol–water partition coefficient (Wildman–Crippen LogP) is 3.45. The average molecular weight is 414 g/mol. The van der Waals surface area contributed by atoms with Crippen molar-refractivity contribution in [1.82, 2.24) is 25.1 Å². The monoisotopic (exact) mass is 413 g/mol. The number of nitrogens with zero attached hydrogens (tertiary/aromatic N) is 4. The number of nitrogens with one attached hydrogen (secondary N) is 2. The van der Waals surface area contributed by atoms with Gasteiger partial charge in [0.05, 0.1) is 19.3 Å². The Kier molecular flexibility index (Phi) is 6.54. The summed E-state index contributed by atoms with van der Waals surface area (Å²) in [7, 11) is 0. The molecule has 4 N–H and O–H groups in total. The lowest BCUT2D eigenvalue weighted by Crippen LogP contribution is -2.16. The van der Waals surface area contributed by atoms with Crippen molar-refractivity contribution >= 4 is 22.8 Å². The van der Waals surface area contributed by atoms with Crippen LogP contribution in [0.5, 0.6) is 0 Å². The molecule has 1 aromatic carbocycles. The van der Waals surface area contributed by atoms with E-state index in [0.29, 0.717) is 6.54 Å². The van der Waals surface area contributed by atoms with Crippen LogP contribution in [0.4, 0.5) is 0 Å². The van der Waals surface area contributed by atoms with E-state index in [1.807, 2.05) is 47.7 Å². The molecule has 7 heteroatoms. The number of nitrogens with two attached hydrogens (primary N) is 1. The lowest BCUT2D eigenvalue weighted by Gasteiger charge is -2.03. The Balaban J connectivity index is 1.57. The summed E-state index contributed by atoms with van der Waals surface area (Å²) in [5, 5.41) is 8.82. The maximum atomic E-state index is 5.87. The molecule has 31 heavy (non-hydrogen) atoms. The summed E-state index contributed by atoms with van der Waals surface area (Å²) in [5.74, 6) is 0. The number of hydrogen-bond acceptors (Lipinski definition) is 5. The summed E-state index contributed by atoms with van der Waals surface area (Å²) in [6.07, 6.45) is 11.1. The average Bonchev–Trinajstić information content (AvgIpc) is 3.43. The molecule has 0 saturated carbocycles. The number of pyridine rings is 1. The molecule has 0 aliphatic carbocycles. The van der Waals surface area contributed by atoms with E-state index < -0.39 is 0 Å². The van der Waals surface area contributed by atoms with E-state index in [2.05, 4.69) is 56.7 Å². The van der Waals surface area contributed by atoms with Crippen LogP contribution in [0.3, 0.4) is 0 Å². The molecule has 0 saturated heterocycles. The third-order valence-electron chi connectivity index (χ3n) is 5.07. The molecule has 7 nitrogen and oxygen atoms in total. The smallest absolute Gasteiger partial charge is 0.137 e. The van der Waals surface area contributed by atoms with Gasteiger partial charge in [-0.05, 0) is 18.2 Å². The fourth-order valence-corrected chi connectivity index (χ4v) is 3.46. The number of likely N-dealkylation sites (N-methyl/N-ethyl adjacent to an activating group) is 1. The van der Waals surface area contributed by atoms with Gasteiger partial charge < -0.3 is 16.0 Å². The number of aromatic nitrogens is 4. The highest BCUT2D eigenvalue weighted by Gasteiger charge is 2.11. The van der Waals surface area contributed by atoms with Crippen LogP contribution in [0, 0.1) is 0 Å². The van der Waals surface area contributed by atoms with E-state index in [1.54, 1.807) is 6.20 Å². The Hall–Kier alpha value is -3.71. The minimum Gasteiger partial charge on any atom is -0.404 e. The van der Waals surface area contributed by atoms with E-state index in [4.69, 9.17) is 5.73 Å². The van der Waals surface area contributed by atoms with Crippen LogP contribution in [-0.2, 0) is 6.54 Å². The second-order valence-corrected chi connectivity index (χ2v) is 7.25. The fraction of sp³-hybridized carbons (Fsp3) is 0.208. The summed E-state index contributed by atoms with van der Waals surface area (Å²) in [6.45, 7) is 5.30. The van der Waals surface area contributed by atoms with Crippen molar-refractivity contribution in [3.05, 3.63) is 78.5 Å². The zero-order chi connectivity index (χ0) is 21.5. The summed E-state index contributed by atoms with van der Waals surface area (Å²) in [4.78, 5) is 12.3. The number of aromatic amines is 1. The van der Waals surface area contributed by atoms with Crippen LogP contribution in [0.1, 0.15) is 18.1 Å². The third-order valence-corrected chi connectivity index (χ3v) is 5.07. The highest BCUT2D eigenvalue weighted by atomic mass is 15.3. The van der Waals surface area contributed by atoms with Crippen LogP contribution in [0.2, 0.25) is 0 Å². The highest BCUT2D eigenvalue weighted by Crippen LogP contribution is 2.29. The SMILES string of the molecule is CCNCCN=C/C(=C\N)c1cnc2[nH]cc(-c3cnn(Cc4ccccc4)c3)c2c1. The van der Waals surface area contributed by atoms with Gasteiger partial charge in [-0.2, -0.15) is 5.10 Å². The first kappa shape index (κ1) is 20.6. The highest BCUT2D eigenvalue weighted by molar-refractivity contribution is 6.10. The van der Waals surface area contributed by atoms with Crippen molar-refractivity contribution in [2.75, 3.05) is 19.6 Å². The lowest BCUT2D eigenvalue weighted by molar-refractivity contribution is 0.687. The first-order chi connectivity index (χ1) is 15.3. The standard InChI is InChI=1S/C24H27N7/c1-2-26-8-9-27-12-20(11-25)19-10-22-23(15-29-24(22)28-13-19)21-14-30-31(17-21)16-18-6-4-3-5-7-18/h3-7,10-15,17,26H,2,8-9,16,25H2,1H3,(H,28,29)/b20-11+,27-12?. The van der Waals surface area contributed by atoms with Gasteiger partial charge in [-0.15, -0.1) is 0 Å². The zero-order valence-electron chi connectivity index (χ0n) is 17.6. The van der Waals surface area contributed by atoms with Crippen molar-refractivity contribution in [3.63, 3.8) is 0 Å². The molecule has 0 atom stereocenters. The molecule has 0 fully saturated rings. The number of aliphatic imine (C=N–C) groups is 1. The molecular formula is C24H27N7. The topological polar surface area (TPSA) is 96.9 Å². The van der Waals surface area contributed by atoms with Gasteiger partial charge in [-0.1, -0.05) is 37.3 Å². The van der Waals surface area contributed by atoms with Crippen molar-refractivity contribution in [1.29, 1.82) is 0 Å². The van der Waals surface area contributed by atoms with E-state index in [9.17, 15) is 0 Å². The Morgan fingerprint density at radius 2 is 2.13 bits per heavy atom. The first-order valence-electron chi connectivity index (χ1n) is 10.4. The Morgan fingerprint density at radius 3 is 2.94 bits per heavy atom. The maximum absolute atomic E-state index is 5.87. The summed E-state index contributed by atoms with van der Waals surface area (Å²) >= 11 is 0. The summed E-state index contributed by atoms with van der Waals surface area (Å²) in [6, 6.07) is 12.4. The molecule has 0 bridgehead atoms. The van der Waals surface area contributed by atoms with E-state index in [0.717, 1.165) is 52.9 Å². The second kappa shape index (κ2) is 9.86. The van der Waals surface area contributed by atoms with Crippen LogP contribution in [-0.4, -0.2) is 45.6 Å². The number of benzene rings is 1. The van der Waals surface area contributed by atoms with Gasteiger partial charge in [0.25, 0.3) is 0 Å². The van der Waals surface area contributed by atoms with Crippen molar-refractivity contribution in [2.45, 2.75) is 13.5 Å². The number of rotatable bonds is 9. The lowest BCUT2D eigenvalue weighted by atomic mass is 10.1. The molecule has 3 heterocycles. The number of fused-ring (bicyclic) bond motifs is 1. The molecular weight excluding hydrogens is 386 g/mol. The van der Waals surface area contributed by atoms with Gasteiger partial charge in [0.2, 0.25) is 0 Å². The molecule has 4 rings (SSSR count). The molecule has 158 valence electrons. The largest absolute Gasteiger partial charge is 0.404 e. The fourth-order valence-electron chi connectivity index (χ4n) is 3.46. The maximum Gasteiger partial charge on any atom is 0.137 e. The quantitative estimate of drug-likeness (QED) is 0.289. The Bertz CT molecular complexity index is 1190. The van der Waals surface area contributed by atoms with Crippen LogP contribution >= 0.6 is 0 Å². The van der Waals surface area contributed by atoms with Crippen LogP contribution in [0.15, 0.2) is 72.4 Å². The molecule has 0 unspecified atom stereocenters. The first-order valence-corrected chi connectivity index (χ1v) is 10.4. The van der Waals surface area contributed by atoms with E-state index >= 15 is 0 Å². The second-order valence-electron chi connectivity index (χ2n) is 7.25. The molecule has 0 spiro atoms. The summed E-state index contributed by atoms with van der Waals surface area (Å²) < 4.78 is 1.95. The van der Waals surface area contributed by atoms with Gasteiger partial charge in [0.1, 0.15) is 5.65 Å². The van der Waals surface area contributed by atoms with Gasteiger partial charge in [0, 0.05) is 65.2 Å². The molecule has 0 aliphatic rings. The summed E-state index contributed by atoms with van der Waals surface area (Å²) in [5.41, 5.74) is 11.8. The molecule has 4 aromatic rings. The van der Waals surface area contributed by atoms with Gasteiger partial charge >= 0.3 is 0 Å². The molecule has 3 aromatic heterocycles. The van der Waals surface area contributed by atoms with Gasteiger partial charge in [-0.25, -0.2) is 4.98 Å². The number of hydrogen-bond donors (Lipinski definition) is 3. The normalized spacial score (nSPS) is 12.2. The zero-order valence-corrected chi connectivity index (χ0v) is 17.6. The number of allylic oxidation sites excluding steroid dienone is 1. The Labute approximate surface area is 181 Å². The molecule has 0 aliphatic heterocycles. The Morgan fingerprint density at radius 1 is 1.26 bits per heavy atom.